The van der Waals surface area contributed by atoms with Crippen molar-refractivity contribution < 1.29 is 0 Å². The van der Waals surface area contributed by atoms with Gasteiger partial charge in [-0.2, -0.15) is 0 Å². The number of aromatic nitrogens is 1. The molecule has 1 heterocycles. The smallest absolute Gasteiger partial charge is 0.128 e. The van der Waals surface area contributed by atoms with Crippen molar-refractivity contribution in [3.8, 4) is 0 Å². The fraction of sp³-hybridized carbons (Fsp3) is 0.769. The second-order valence-corrected chi connectivity index (χ2v) is 7.86. The molecule has 1 aromatic rings. The molecule has 0 radical (unpaired) electrons. The van der Waals surface area contributed by atoms with Crippen LogP contribution in [0.25, 0.3) is 0 Å². The highest BCUT2D eigenvalue weighted by molar-refractivity contribution is 7.80. The lowest BCUT2D eigenvalue weighted by atomic mass is 9.50. The van der Waals surface area contributed by atoms with Crippen LogP contribution in [0.2, 0.25) is 0 Å². The van der Waals surface area contributed by atoms with Crippen molar-refractivity contribution >= 4 is 29.0 Å². The second kappa shape index (κ2) is 3.41. The number of nitrogen functional groups attached to an aromatic ring is 1. The molecule has 4 bridgehead atoms. The molecule has 0 amide bonds. The third kappa shape index (κ3) is 1.49. The van der Waals surface area contributed by atoms with Crippen LogP contribution in [-0.4, -0.2) is 4.98 Å². The zero-order valence-corrected chi connectivity index (χ0v) is 11.6. The van der Waals surface area contributed by atoms with E-state index in [1.807, 2.05) is 0 Å². The third-order valence-electron chi connectivity index (χ3n) is 5.13. The molecule has 0 spiro atoms. The summed E-state index contributed by atoms with van der Waals surface area (Å²) in [7, 11) is 0. The van der Waals surface area contributed by atoms with E-state index in [2.05, 4.69) is 17.6 Å². The summed E-state index contributed by atoms with van der Waals surface area (Å²) in [5.41, 5.74) is 6.32. The molecular weight excluding hydrogens is 248 g/mol. The van der Waals surface area contributed by atoms with Gasteiger partial charge in [-0.3, -0.25) is 0 Å². The summed E-state index contributed by atoms with van der Waals surface area (Å²) in [6.45, 7) is 0. The summed E-state index contributed by atoms with van der Waals surface area (Å²) in [6, 6.07) is 0. The maximum Gasteiger partial charge on any atom is 0.128 e. The monoisotopic (exact) mass is 266 g/mol. The van der Waals surface area contributed by atoms with Crippen LogP contribution < -0.4 is 5.73 Å². The Morgan fingerprint density at radius 3 is 2.06 bits per heavy atom. The summed E-state index contributed by atoms with van der Waals surface area (Å²) < 4.78 is 0. The van der Waals surface area contributed by atoms with Crippen molar-refractivity contribution in [1.82, 2.24) is 4.98 Å². The number of thiol groups is 1. The summed E-state index contributed by atoms with van der Waals surface area (Å²) >= 11 is 6.06. The standard InChI is InChI=1S/C13H18N2S2/c14-10-11(16)15-12(17-10)13-4-7-1-8(5-13)3-9(2-7)6-13/h7-9,16H,1-6,14H2. The number of hydrogen-bond donors (Lipinski definition) is 2. The van der Waals surface area contributed by atoms with Crippen molar-refractivity contribution in [3.05, 3.63) is 5.01 Å². The van der Waals surface area contributed by atoms with Crippen LogP contribution in [0, 0.1) is 17.8 Å². The predicted molar refractivity (Wildman–Crippen MR) is 73.6 cm³/mol. The van der Waals surface area contributed by atoms with Crippen LogP contribution in [0.4, 0.5) is 5.00 Å². The quantitative estimate of drug-likeness (QED) is 0.764. The van der Waals surface area contributed by atoms with E-state index in [0.717, 1.165) is 27.8 Å². The molecule has 4 aliphatic carbocycles. The highest BCUT2D eigenvalue weighted by Crippen LogP contribution is 2.61. The molecule has 4 saturated carbocycles. The maximum absolute atomic E-state index is 5.94. The van der Waals surface area contributed by atoms with Crippen LogP contribution in [0.3, 0.4) is 0 Å². The van der Waals surface area contributed by atoms with Crippen LogP contribution >= 0.6 is 24.0 Å². The number of hydrogen-bond acceptors (Lipinski definition) is 4. The highest BCUT2D eigenvalue weighted by Gasteiger charge is 2.53. The fourth-order valence-electron chi connectivity index (χ4n) is 4.92. The van der Waals surface area contributed by atoms with E-state index in [1.54, 1.807) is 11.3 Å². The van der Waals surface area contributed by atoms with Crippen LogP contribution in [0.5, 0.6) is 0 Å². The summed E-state index contributed by atoms with van der Waals surface area (Å²) in [4.78, 5) is 4.66. The normalized spacial score (nSPS) is 43.2. The van der Waals surface area contributed by atoms with Gasteiger partial charge in [0.1, 0.15) is 15.0 Å². The molecule has 0 aromatic carbocycles. The minimum absolute atomic E-state index is 0.383. The fourth-order valence-corrected chi connectivity index (χ4v) is 6.18. The molecule has 0 aliphatic heterocycles. The Morgan fingerprint density at radius 2 is 1.65 bits per heavy atom. The van der Waals surface area contributed by atoms with E-state index in [4.69, 9.17) is 5.73 Å². The molecule has 0 unspecified atom stereocenters. The van der Waals surface area contributed by atoms with Crippen molar-refractivity contribution in [2.45, 2.75) is 49.0 Å². The van der Waals surface area contributed by atoms with Crippen LogP contribution in [-0.2, 0) is 5.41 Å². The summed E-state index contributed by atoms with van der Waals surface area (Å²) in [6.07, 6.45) is 8.52. The first kappa shape index (κ1) is 10.7. The van der Waals surface area contributed by atoms with E-state index < -0.39 is 0 Å². The van der Waals surface area contributed by atoms with E-state index in [-0.39, 0.29) is 0 Å². The predicted octanol–water partition coefficient (Wildman–Crippen LogP) is 3.48. The van der Waals surface area contributed by atoms with E-state index in [0.29, 0.717) is 5.41 Å². The lowest BCUT2D eigenvalue weighted by molar-refractivity contribution is -0.00544. The first-order chi connectivity index (χ1) is 8.14. The molecule has 1 aromatic heterocycles. The van der Waals surface area contributed by atoms with Crippen molar-refractivity contribution in [3.63, 3.8) is 0 Å². The molecule has 17 heavy (non-hydrogen) atoms. The van der Waals surface area contributed by atoms with Gasteiger partial charge in [-0.25, -0.2) is 4.98 Å². The molecule has 4 heteroatoms. The molecule has 2 N–H and O–H groups in total. The summed E-state index contributed by atoms with van der Waals surface area (Å²) in [5.74, 6) is 2.90. The van der Waals surface area contributed by atoms with E-state index in [1.165, 1.54) is 43.5 Å². The lowest BCUT2D eigenvalue weighted by Crippen LogP contribution is -2.48. The van der Waals surface area contributed by atoms with E-state index >= 15 is 0 Å². The lowest BCUT2D eigenvalue weighted by Gasteiger charge is -2.56. The SMILES string of the molecule is Nc1sc(C23CC4CC(CC(C4)C2)C3)nc1S. The van der Waals surface area contributed by atoms with Crippen molar-refractivity contribution in [2.24, 2.45) is 17.8 Å². The molecule has 4 aliphatic rings. The van der Waals surface area contributed by atoms with Gasteiger partial charge >= 0.3 is 0 Å². The van der Waals surface area contributed by atoms with Gasteiger partial charge in [0.25, 0.3) is 0 Å². The van der Waals surface area contributed by atoms with Gasteiger partial charge in [-0.1, -0.05) is 0 Å². The number of nitrogens with two attached hydrogens (primary N) is 1. The Morgan fingerprint density at radius 1 is 1.12 bits per heavy atom. The zero-order valence-electron chi connectivity index (χ0n) is 9.85. The van der Waals surface area contributed by atoms with Crippen molar-refractivity contribution in [1.29, 1.82) is 0 Å². The molecule has 92 valence electrons. The average Bonchev–Trinajstić information content (AvgIpc) is 2.58. The zero-order chi connectivity index (χ0) is 11.6. The van der Waals surface area contributed by atoms with Gasteiger partial charge in [0.2, 0.25) is 0 Å². The van der Waals surface area contributed by atoms with Gasteiger partial charge in [0, 0.05) is 5.41 Å². The Labute approximate surface area is 111 Å². The Bertz CT molecular complexity index is 411. The number of thiazole rings is 1. The topological polar surface area (TPSA) is 38.9 Å². The van der Waals surface area contributed by atoms with E-state index in [9.17, 15) is 0 Å². The highest BCUT2D eigenvalue weighted by atomic mass is 32.1. The first-order valence-electron chi connectivity index (χ1n) is 6.60. The Kier molecular flexibility index (Phi) is 2.14. The number of nitrogens with zero attached hydrogens (tertiary/aromatic N) is 1. The van der Waals surface area contributed by atoms with Crippen molar-refractivity contribution in [2.75, 3.05) is 5.73 Å². The number of anilines is 1. The number of rotatable bonds is 1. The molecule has 5 rings (SSSR count). The minimum Gasteiger partial charge on any atom is -0.388 e. The largest absolute Gasteiger partial charge is 0.388 e. The van der Waals surface area contributed by atoms with Gasteiger partial charge < -0.3 is 5.73 Å². The maximum atomic E-state index is 5.94. The minimum atomic E-state index is 0.383. The molecule has 0 saturated heterocycles. The third-order valence-corrected chi connectivity index (χ3v) is 6.75. The Hall–Kier alpha value is -0.220. The van der Waals surface area contributed by atoms with Crippen LogP contribution in [0.1, 0.15) is 43.5 Å². The first-order valence-corrected chi connectivity index (χ1v) is 7.87. The molecule has 2 nitrogen and oxygen atoms in total. The average molecular weight is 266 g/mol. The van der Waals surface area contributed by atoms with Gasteiger partial charge in [0.15, 0.2) is 0 Å². The van der Waals surface area contributed by atoms with Gasteiger partial charge in [0.05, 0.1) is 0 Å². The van der Waals surface area contributed by atoms with Crippen LogP contribution in [0.15, 0.2) is 5.03 Å². The summed E-state index contributed by atoms with van der Waals surface area (Å²) in [5, 5.41) is 2.85. The second-order valence-electron chi connectivity index (χ2n) is 6.40. The molecule has 0 atom stereocenters. The molecular formula is C13H18N2S2. The van der Waals surface area contributed by atoms with Gasteiger partial charge in [-0.15, -0.1) is 24.0 Å². The molecule has 4 fully saturated rings. The Balaban J connectivity index is 1.77. The van der Waals surface area contributed by atoms with Gasteiger partial charge in [-0.05, 0) is 56.3 Å².